The van der Waals surface area contributed by atoms with E-state index in [4.69, 9.17) is 35.3 Å². The van der Waals surface area contributed by atoms with Gasteiger partial charge in [-0.15, -0.1) is 11.6 Å². The summed E-state index contributed by atoms with van der Waals surface area (Å²) in [5, 5.41) is -0.972. The summed E-state index contributed by atoms with van der Waals surface area (Å²) >= 11 is 6.28. The molecule has 0 aromatic heterocycles. The van der Waals surface area contributed by atoms with Gasteiger partial charge in [-0.1, -0.05) is 30.3 Å². The molecule has 1 aliphatic rings. The highest BCUT2D eigenvalue weighted by molar-refractivity contribution is 6.30. The normalized spacial score (nSPS) is 14.2. The summed E-state index contributed by atoms with van der Waals surface area (Å²) in [5.41, 5.74) is 2.18. The number of carbonyl (C=O) groups is 2. The Morgan fingerprint density at radius 2 is 1.60 bits per heavy atom. The number of rotatable bonds is 7. The maximum Gasteiger partial charge on any atom is 0.334 e. The van der Waals surface area contributed by atoms with Gasteiger partial charge in [0.15, 0.2) is 22.6 Å². The lowest BCUT2D eigenvalue weighted by molar-refractivity contribution is -0.134. The minimum Gasteiger partial charge on any atom is -0.496 e. The van der Waals surface area contributed by atoms with Gasteiger partial charge in [0.1, 0.15) is 17.2 Å². The van der Waals surface area contributed by atoms with Crippen molar-refractivity contribution in [3.8, 4) is 28.7 Å². The van der Waals surface area contributed by atoms with E-state index in [0.717, 1.165) is 0 Å². The molecule has 1 unspecified atom stereocenters. The number of ether oxygens (including phenoxy) is 5. The number of hydrogen-bond donors (Lipinski definition) is 0. The van der Waals surface area contributed by atoms with Gasteiger partial charge in [-0.05, 0) is 36.3 Å². The first kappa shape index (κ1) is 24.2. The molecule has 0 N–H and O–H groups in total. The SMILES string of the molecule is COc1cc(OC)c(OC)cc1/C=C1\Oc2cc(OC(=O)C(Cl)c3ccccc3)cc(C)c2C1=O. The van der Waals surface area contributed by atoms with Gasteiger partial charge in [0.2, 0.25) is 5.78 Å². The summed E-state index contributed by atoms with van der Waals surface area (Å²) in [7, 11) is 4.55. The van der Waals surface area contributed by atoms with Gasteiger partial charge >= 0.3 is 5.97 Å². The van der Waals surface area contributed by atoms with Crippen LogP contribution in [0.25, 0.3) is 6.08 Å². The van der Waals surface area contributed by atoms with Gasteiger partial charge in [0.05, 0.1) is 26.9 Å². The predicted molar refractivity (Wildman–Crippen MR) is 131 cm³/mol. The molecule has 0 aliphatic carbocycles. The van der Waals surface area contributed by atoms with Crippen molar-refractivity contribution in [2.24, 2.45) is 0 Å². The Balaban J connectivity index is 1.62. The van der Waals surface area contributed by atoms with Gasteiger partial charge in [-0.3, -0.25) is 4.79 Å². The van der Waals surface area contributed by atoms with E-state index in [9.17, 15) is 9.59 Å². The summed E-state index contributed by atoms with van der Waals surface area (Å²) in [4.78, 5) is 25.7. The van der Waals surface area contributed by atoms with Crippen molar-refractivity contribution < 1.29 is 33.3 Å². The predicted octanol–water partition coefficient (Wildman–Crippen LogP) is 5.52. The number of carbonyl (C=O) groups excluding carboxylic acids is 2. The van der Waals surface area contributed by atoms with E-state index < -0.39 is 11.3 Å². The number of halogens is 1. The molecule has 3 aromatic carbocycles. The summed E-state index contributed by atoms with van der Waals surface area (Å²) < 4.78 is 27.4. The Labute approximate surface area is 207 Å². The minimum atomic E-state index is -0.972. The quantitative estimate of drug-likeness (QED) is 0.185. The Bertz CT molecular complexity index is 1310. The van der Waals surface area contributed by atoms with E-state index in [2.05, 4.69) is 0 Å². The van der Waals surface area contributed by atoms with Crippen molar-refractivity contribution >= 4 is 29.4 Å². The monoisotopic (exact) mass is 494 g/mol. The van der Waals surface area contributed by atoms with Crippen LogP contribution in [0, 0.1) is 6.92 Å². The van der Waals surface area contributed by atoms with Crippen molar-refractivity contribution in [3.63, 3.8) is 0 Å². The van der Waals surface area contributed by atoms with Gasteiger partial charge in [0, 0.05) is 17.7 Å². The Hall–Kier alpha value is -3.97. The first-order valence-corrected chi connectivity index (χ1v) is 11.1. The molecule has 7 nitrogen and oxygen atoms in total. The molecular weight excluding hydrogens is 472 g/mol. The van der Waals surface area contributed by atoms with Crippen molar-refractivity contribution in [2.75, 3.05) is 21.3 Å². The number of fused-ring (bicyclic) bond motifs is 1. The number of esters is 1. The molecule has 3 aromatic rings. The highest BCUT2D eigenvalue weighted by atomic mass is 35.5. The lowest BCUT2D eigenvalue weighted by atomic mass is 10.0. The zero-order valence-corrected chi connectivity index (χ0v) is 20.3. The van der Waals surface area contributed by atoms with E-state index in [-0.39, 0.29) is 23.0 Å². The van der Waals surface area contributed by atoms with Gasteiger partial charge in [-0.25, -0.2) is 4.79 Å². The molecule has 0 bridgehead atoms. The lowest BCUT2D eigenvalue weighted by Crippen LogP contribution is -2.14. The molecule has 4 rings (SSSR count). The summed E-state index contributed by atoms with van der Waals surface area (Å²) in [6.45, 7) is 1.74. The van der Waals surface area contributed by atoms with Gasteiger partial charge in [0.25, 0.3) is 0 Å². The number of aryl methyl sites for hydroxylation is 1. The van der Waals surface area contributed by atoms with Gasteiger partial charge < -0.3 is 23.7 Å². The third kappa shape index (κ3) is 4.81. The Morgan fingerprint density at radius 1 is 0.943 bits per heavy atom. The summed E-state index contributed by atoms with van der Waals surface area (Å²) in [5.74, 6) is 1.12. The molecule has 1 heterocycles. The number of allylic oxidation sites excluding steroid dienone is 1. The number of Topliss-reactive ketones (excluding diaryl/α,β-unsaturated/α-hetero) is 1. The van der Waals surface area contributed by atoms with Crippen LogP contribution in [0.2, 0.25) is 0 Å². The third-order valence-corrected chi connectivity index (χ3v) is 5.91. The second-order valence-electron chi connectivity index (χ2n) is 7.70. The second kappa shape index (κ2) is 10.1. The molecule has 0 amide bonds. The van der Waals surface area contributed by atoms with Crippen LogP contribution in [0.5, 0.6) is 28.7 Å². The fraction of sp³-hybridized carbons (Fsp3) is 0.185. The molecule has 0 spiro atoms. The largest absolute Gasteiger partial charge is 0.496 e. The topological polar surface area (TPSA) is 80.3 Å². The molecule has 180 valence electrons. The summed E-state index contributed by atoms with van der Waals surface area (Å²) in [6, 6.07) is 15.4. The maximum absolute atomic E-state index is 13.1. The van der Waals surface area contributed by atoms with Crippen molar-refractivity contribution in [1.29, 1.82) is 0 Å². The van der Waals surface area contributed by atoms with Crippen LogP contribution in [0.3, 0.4) is 0 Å². The van der Waals surface area contributed by atoms with Crippen LogP contribution in [0.4, 0.5) is 0 Å². The number of hydrogen-bond acceptors (Lipinski definition) is 7. The molecular formula is C27H23ClO7. The van der Waals surface area contributed by atoms with Gasteiger partial charge in [-0.2, -0.15) is 0 Å². The smallest absolute Gasteiger partial charge is 0.334 e. The molecule has 35 heavy (non-hydrogen) atoms. The van der Waals surface area contributed by atoms with Crippen LogP contribution in [-0.4, -0.2) is 33.1 Å². The third-order valence-electron chi connectivity index (χ3n) is 5.48. The van der Waals surface area contributed by atoms with E-state index >= 15 is 0 Å². The van der Waals surface area contributed by atoms with E-state index in [1.165, 1.54) is 27.4 Å². The average molecular weight is 495 g/mol. The molecule has 0 radical (unpaired) electrons. The second-order valence-corrected chi connectivity index (χ2v) is 8.13. The lowest BCUT2D eigenvalue weighted by Gasteiger charge is -2.12. The van der Waals surface area contributed by atoms with E-state index in [0.29, 0.717) is 39.5 Å². The zero-order valence-electron chi connectivity index (χ0n) is 19.6. The highest BCUT2D eigenvalue weighted by Gasteiger charge is 2.31. The molecule has 0 saturated carbocycles. The molecule has 0 fully saturated rings. The van der Waals surface area contributed by atoms with Crippen LogP contribution >= 0.6 is 11.6 Å². The van der Waals surface area contributed by atoms with Crippen molar-refractivity contribution in [3.05, 3.63) is 82.6 Å². The molecule has 0 saturated heterocycles. The fourth-order valence-corrected chi connectivity index (χ4v) is 3.96. The van der Waals surface area contributed by atoms with E-state index in [1.807, 2.05) is 6.07 Å². The van der Waals surface area contributed by atoms with Crippen LogP contribution in [0.1, 0.15) is 32.4 Å². The fourth-order valence-electron chi connectivity index (χ4n) is 3.77. The first-order chi connectivity index (χ1) is 16.9. The Kier molecular flexibility index (Phi) is 6.98. The standard InChI is InChI=1S/C27H23ClO7/c1-15-10-18(34-27(30)25(28)16-8-6-5-7-9-16)13-22-24(15)26(29)23(35-22)12-17-11-20(32-3)21(33-4)14-19(17)31-2/h5-14,25H,1-4H3/b23-12-. The highest BCUT2D eigenvalue weighted by Crippen LogP contribution is 2.40. The average Bonchev–Trinajstić information content (AvgIpc) is 3.18. The van der Waals surface area contributed by atoms with Crippen molar-refractivity contribution in [2.45, 2.75) is 12.3 Å². The number of benzene rings is 3. The molecule has 1 aliphatic heterocycles. The zero-order chi connectivity index (χ0) is 25.1. The number of ketones is 1. The Morgan fingerprint density at radius 3 is 2.26 bits per heavy atom. The van der Waals surface area contributed by atoms with Crippen LogP contribution in [0.15, 0.2) is 60.4 Å². The number of alkyl halides is 1. The molecule has 8 heteroatoms. The van der Waals surface area contributed by atoms with Crippen LogP contribution in [-0.2, 0) is 4.79 Å². The van der Waals surface area contributed by atoms with E-state index in [1.54, 1.807) is 55.5 Å². The maximum atomic E-state index is 13.1. The van der Waals surface area contributed by atoms with Crippen LogP contribution < -0.4 is 23.7 Å². The minimum absolute atomic E-state index is 0.0941. The number of methoxy groups -OCH3 is 3. The summed E-state index contributed by atoms with van der Waals surface area (Å²) in [6.07, 6.45) is 1.57. The first-order valence-electron chi connectivity index (χ1n) is 10.7. The van der Waals surface area contributed by atoms with Crippen molar-refractivity contribution in [1.82, 2.24) is 0 Å². The molecule has 1 atom stereocenters.